The molecule has 0 aliphatic carbocycles. The summed E-state index contributed by atoms with van der Waals surface area (Å²) in [5.41, 5.74) is 6.18. The van der Waals surface area contributed by atoms with E-state index in [4.69, 9.17) is 9.97 Å². The number of rotatable bonds is 5. The Morgan fingerprint density at radius 2 is 1.21 bits per heavy atom. The van der Waals surface area contributed by atoms with Crippen molar-refractivity contribution in [3.8, 4) is 22.5 Å². The van der Waals surface area contributed by atoms with Crippen LogP contribution in [0.5, 0.6) is 0 Å². The molecule has 4 aromatic rings. The van der Waals surface area contributed by atoms with Gasteiger partial charge in [0.15, 0.2) is 0 Å². The van der Waals surface area contributed by atoms with Crippen LogP contribution in [0, 0.1) is 0 Å². The number of pyridine rings is 2. The molecule has 2 N–H and O–H groups in total. The molecule has 0 saturated carbocycles. The van der Waals surface area contributed by atoms with Gasteiger partial charge < -0.3 is 10.2 Å². The van der Waals surface area contributed by atoms with Gasteiger partial charge in [-0.1, -0.05) is 41.6 Å². The van der Waals surface area contributed by atoms with Crippen molar-refractivity contribution in [2.45, 2.75) is 19.6 Å². The van der Waals surface area contributed by atoms with E-state index in [1.807, 2.05) is 50.9 Å². The maximum atomic E-state index is 11.8. The van der Waals surface area contributed by atoms with Gasteiger partial charge in [0.2, 0.25) is 0 Å². The summed E-state index contributed by atoms with van der Waals surface area (Å²) in [5.74, 6) is -1.72. The Kier molecular flexibility index (Phi) is 12.3. The Labute approximate surface area is 299 Å². The van der Waals surface area contributed by atoms with E-state index in [1.54, 1.807) is 6.20 Å². The number of aliphatic carboxylic acids is 2. The Hall–Kier alpha value is -3.46. The van der Waals surface area contributed by atoms with Crippen LogP contribution in [0.2, 0.25) is 0 Å². The largest absolute Gasteiger partial charge is 0.480 e. The Balaban J connectivity index is 0.00000433. The van der Waals surface area contributed by atoms with Gasteiger partial charge in [0, 0.05) is 98.2 Å². The van der Waals surface area contributed by atoms with Crippen LogP contribution in [0.4, 0.5) is 0 Å². The molecule has 0 atom stereocenters. The summed E-state index contributed by atoms with van der Waals surface area (Å²) in [6.07, 6.45) is 1.72. The third-order valence-corrected chi connectivity index (χ3v) is 8.46. The summed E-state index contributed by atoms with van der Waals surface area (Å²) in [7, 11) is 0. The third kappa shape index (κ3) is 9.78. The molecule has 3 aromatic heterocycles. The van der Waals surface area contributed by atoms with Crippen LogP contribution in [0.1, 0.15) is 17.1 Å². The van der Waals surface area contributed by atoms with Crippen molar-refractivity contribution in [2.75, 3.05) is 65.4 Å². The second-order valence-electron chi connectivity index (χ2n) is 11.9. The van der Waals surface area contributed by atoms with E-state index in [0.29, 0.717) is 72.0 Å². The van der Waals surface area contributed by atoms with E-state index in [-0.39, 0.29) is 45.8 Å². The van der Waals surface area contributed by atoms with Gasteiger partial charge in [0.05, 0.1) is 48.6 Å². The molecule has 1 radical (unpaired) electrons. The predicted octanol–water partition coefficient (Wildman–Crippen LogP) is 1.85. The van der Waals surface area contributed by atoms with Crippen LogP contribution in [0.25, 0.3) is 22.5 Å². The molecule has 13 nitrogen and oxygen atoms in total. The third-order valence-electron chi connectivity index (χ3n) is 8.46. The topological polar surface area (TPSA) is 144 Å². The zero-order valence-electron chi connectivity index (χ0n) is 26.4. The molecule has 6 bridgehead atoms. The van der Waals surface area contributed by atoms with E-state index in [9.17, 15) is 19.8 Å². The van der Waals surface area contributed by atoms with E-state index in [2.05, 4.69) is 44.4 Å². The van der Waals surface area contributed by atoms with Gasteiger partial charge in [0.25, 0.3) is 0 Å². The standard InChI is InChI=1S/C33H39N9O4.Y/c43-32(44)23-40-13-9-38-10-14-41(24-33(45)46)16-12-39(11-15-40)21-28-17-26(25-5-2-1-3-6-25)18-29(35-28)22-42-31(19-34-37-42)30-8-4-7-27(20-38)36-30;/h1-8,17-19H,9-16,20-24H2,(H,43,44)(H,45,46);. The smallest absolute Gasteiger partial charge is 0.317 e. The van der Waals surface area contributed by atoms with Gasteiger partial charge in [-0.05, 0) is 35.4 Å². The molecular formula is C33H39N9O4Y. The van der Waals surface area contributed by atoms with Crippen molar-refractivity contribution < 1.29 is 52.5 Å². The number of carboxylic acid groups (broad SMARTS) is 2. The molecular weight excluding hydrogens is 675 g/mol. The summed E-state index contributed by atoms with van der Waals surface area (Å²) in [5, 5.41) is 28.0. The average Bonchev–Trinajstić information content (AvgIpc) is 3.50. The Bertz CT molecular complexity index is 1620. The summed E-state index contributed by atoms with van der Waals surface area (Å²) < 4.78 is 1.84. The van der Waals surface area contributed by atoms with Gasteiger partial charge in [-0.3, -0.25) is 34.2 Å². The van der Waals surface area contributed by atoms with Crippen molar-refractivity contribution in [2.24, 2.45) is 0 Å². The van der Waals surface area contributed by atoms with E-state index in [0.717, 1.165) is 39.6 Å². The van der Waals surface area contributed by atoms with Crippen molar-refractivity contribution in [1.82, 2.24) is 44.6 Å². The number of hydrogen-bond donors (Lipinski definition) is 2. The number of benzene rings is 1. The molecule has 7 rings (SSSR count). The van der Waals surface area contributed by atoms with Crippen LogP contribution >= 0.6 is 0 Å². The number of fused-ring (bicyclic) bond motifs is 8. The molecule has 3 aliphatic rings. The zero-order chi connectivity index (χ0) is 31.9. The van der Waals surface area contributed by atoms with E-state index >= 15 is 0 Å². The van der Waals surface area contributed by atoms with Crippen molar-refractivity contribution in [3.05, 3.63) is 83.9 Å². The predicted molar refractivity (Wildman–Crippen MR) is 171 cm³/mol. The molecule has 243 valence electrons. The zero-order valence-corrected chi connectivity index (χ0v) is 29.2. The van der Waals surface area contributed by atoms with Gasteiger partial charge in [-0.2, -0.15) is 0 Å². The molecule has 1 saturated heterocycles. The number of carboxylic acids is 2. The molecule has 3 aliphatic heterocycles. The SMILES string of the molecule is O=C(O)CN1CCN2CCN(CC(=O)O)CCN(CC1)Cc1cccc(n1)-c1cnnn1Cc1cc(-c3ccccc3)cc(n1)C2.[Y]. The van der Waals surface area contributed by atoms with Crippen molar-refractivity contribution in [1.29, 1.82) is 0 Å². The summed E-state index contributed by atoms with van der Waals surface area (Å²) in [6, 6.07) is 20.2. The first-order chi connectivity index (χ1) is 22.4. The molecule has 1 aromatic carbocycles. The Morgan fingerprint density at radius 3 is 1.81 bits per heavy atom. The summed E-state index contributed by atoms with van der Waals surface area (Å²) in [6.45, 7) is 6.03. The monoisotopic (exact) mass is 714 g/mol. The van der Waals surface area contributed by atoms with E-state index < -0.39 is 11.9 Å². The number of hydrogen-bond acceptors (Lipinski definition) is 10. The second kappa shape index (κ2) is 16.6. The van der Waals surface area contributed by atoms with Crippen LogP contribution in [0.15, 0.2) is 66.9 Å². The molecule has 0 amide bonds. The minimum Gasteiger partial charge on any atom is -0.480 e. The average molecular weight is 715 g/mol. The minimum absolute atomic E-state index is 0. The van der Waals surface area contributed by atoms with Gasteiger partial charge >= 0.3 is 11.9 Å². The quantitative estimate of drug-likeness (QED) is 0.312. The fourth-order valence-corrected chi connectivity index (χ4v) is 6.10. The molecule has 1 fully saturated rings. The molecule has 0 unspecified atom stereocenters. The first-order valence-corrected chi connectivity index (χ1v) is 15.6. The van der Waals surface area contributed by atoms with Crippen LogP contribution in [-0.2, 0) is 61.9 Å². The molecule has 6 heterocycles. The maximum Gasteiger partial charge on any atom is 0.317 e. The number of carbonyl (C=O) groups is 2. The minimum atomic E-state index is -0.860. The first kappa shape index (κ1) is 34.9. The van der Waals surface area contributed by atoms with Crippen LogP contribution in [0.3, 0.4) is 0 Å². The van der Waals surface area contributed by atoms with Crippen molar-refractivity contribution in [3.63, 3.8) is 0 Å². The normalized spacial score (nSPS) is 19.6. The summed E-state index contributed by atoms with van der Waals surface area (Å²) >= 11 is 0. The van der Waals surface area contributed by atoms with Crippen LogP contribution < -0.4 is 0 Å². The maximum absolute atomic E-state index is 11.8. The van der Waals surface area contributed by atoms with E-state index in [1.165, 1.54) is 0 Å². The molecule has 47 heavy (non-hydrogen) atoms. The number of nitrogens with zero attached hydrogens (tertiary/aromatic N) is 9. The first-order valence-electron chi connectivity index (χ1n) is 15.6. The fourth-order valence-electron chi connectivity index (χ4n) is 6.10. The Morgan fingerprint density at radius 1 is 0.638 bits per heavy atom. The second-order valence-corrected chi connectivity index (χ2v) is 11.9. The van der Waals surface area contributed by atoms with Gasteiger partial charge in [-0.25, -0.2) is 9.67 Å². The van der Waals surface area contributed by atoms with Crippen LogP contribution in [-0.4, -0.2) is 132 Å². The van der Waals surface area contributed by atoms with Crippen molar-refractivity contribution >= 4 is 11.9 Å². The summed E-state index contributed by atoms with van der Waals surface area (Å²) in [4.78, 5) is 42.2. The van der Waals surface area contributed by atoms with Gasteiger partial charge in [-0.15, -0.1) is 5.10 Å². The fraction of sp³-hybridized carbons (Fsp3) is 0.394. The van der Waals surface area contributed by atoms with Gasteiger partial charge in [0.1, 0.15) is 5.69 Å². The molecule has 0 spiro atoms. The number of aromatic nitrogens is 5. The molecule has 14 heteroatoms.